The average molecular weight is 263 g/mol. The van der Waals surface area contributed by atoms with Gasteiger partial charge in [-0.3, -0.25) is 4.79 Å². The van der Waals surface area contributed by atoms with Crippen molar-refractivity contribution in [3.63, 3.8) is 0 Å². The van der Waals surface area contributed by atoms with E-state index >= 15 is 0 Å². The lowest BCUT2D eigenvalue weighted by Crippen LogP contribution is -2.41. The van der Waals surface area contributed by atoms with Crippen LogP contribution in [0.2, 0.25) is 0 Å². The number of hydrogen-bond acceptors (Lipinski definition) is 3. The highest BCUT2D eigenvalue weighted by Gasteiger charge is 2.15. The molecule has 0 aliphatic heterocycles. The number of aliphatic hydroxyl groups excluding tert-OH is 1. The number of nitrogens with one attached hydrogen (secondary N) is 1. The Bertz CT molecular complexity index is 412. The maximum absolute atomic E-state index is 12.0. The minimum absolute atomic E-state index is 0.0655. The molecule has 19 heavy (non-hydrogen) atoms. The molecule has 2 N–H and O–H groups in total. The Morgan fingerprint density at radius 2 is 2.05 bits per heavy atom. The van der Waals surface area contributed by atoms with Gasteiger partial charge in [-0.25, -0.2) is 0 Å². The molecule has 0 fully saturated rings. The van der Waals surface area contributed by atoms with E-state index in [0.717, 1.165) is 0 Å². The molecule has 0 aliphatic carbocycles. The second kappa shape index (κ2) is 7.59. The van der Waals surface area contributed by atoms with E-state index in [4.69, 9.17) is 4.74 Å². The molecule has 0 radical (unpaired) electrons. The molecule has 0 aliphatic rings. The molecule has 0 spiro atoms. The topological polar surface area (TPSA) is 58.6 Å². The molecule has 0 saturated carbocycles. The third-order valence-corrected chi connectivity index (χ3v) is 2.80. The van der Waals surface area contributed by atoms with E-state index in [1.54, 1.807) is 30.3 Å². The van der Waals surface area contributed by atoms with E-state index in [0.29, 0.717) is 17.9 Å². The van der Waals surface area contributed by atoms with Crippen LogP contribution in [-0.2, 0) is 0 Å². The summed E-state index contributed by atoms with van der Waals surface area (Å²) in [7, 11) is 0. The second-order valence-corrected chi connectivity index (χ2v) is 4.63. The minimum atomic E-state index is -0.232. The Morgan fingerprint density at radius 3 is 2.53 bits per heavy atom. The highest BCUT2D eigenvalue weighted by atomic mass is 16.5. The standard InChI is InChI=1S/C15H21NO3/c1-4-9-19-13-7-5-12(6-8-13)15(18)16-14(10-17)11(2)3/h4-8,11,14,17H,1,9-10H2,2-3H3,(H,16,18)/t14-/m1/s1. The molecule has 1 aromatic carbocycles. The molecule has 0 unspecified atom stereocenters. The third kappa shape index (κ3) is 4.75. The van der Waals surface area contributed by atoms with Crippen LogP contribution in [0.25, 0.3) is 0 Å². The molecule has 0 aromatic heterocycles. The quantitative estimate of drug-likeness (QED) is 0.740. The predicted molar refractivity (Wildman–Crippen MR) is 75.3 cm³/mol. The lowest BCUT2D eigenvalue weighted by atomic mass is 10.0. The zero-order chi connectivity index (χ0) is 14.3. The van der Waals surface area contributed by atoms with Crippen molar-refractivity contribution in [1.82, 2.24) is 5.32 Å². The van der Waals surface area contributed by atoms with Crippen molar-refractivity contribution in [3.05, 3.63) is 42.5 Å². The third-order valence-electron chi connectivity index (χ3n) is 2.80. The van der Waals surface area contributed by atoms with E-state index in [-0.39, 0.29) is 24.5 Å². The molecular weight excluding hydrogens is 242 g/mol. The predicted octanol–water partition coefficient (Wildman–Crippen LogP) is 2.00. The van der Waals surface area contributed by atoms with Crippen molar-refractivity contribution in [2.24, 2.45) is 5.92 Å². The normalized spacial score (nSPS) is 12.0. The van der Waals surface area contributed by atoms with Gasteiger partial charge in [0.15, 0.2) is 0 Å². The van der Waals surface area contributed by atoms with E-state index in [9.17, 15) is 9.90 Å². The molecular formula is C15H21NO3. The van der Waals surface area contributed by atoms with Crippen molar-refractivity contribution in [3.8, 4) is 5.75 Å². The van der Waals surface area contributed by atoms with E-state index in [2.05, 4.69) is 11.9 Å². The van der Waals surface area contributed by atoms with Crippen LogP contribution >= 0.6 is 0 Å². The summed E-state index contributed by atoms with van der Waals surface area (Å²) in [4.78, 5) is 12.0. The maximum Gasteiger partial charge on any atom is 0.251 e. The van der Waals surface area contributed by atoms with Crippen molar-refractivity contribution in [2.75, 3.05) is 13.2 Å². The first-order valence-corrected chi connectivity index (χ1v) is 6.34. The molecule has 0 bridgehead atoms. The first-order chi connectivity index (χ1) is 9.08. The van der Waals surface area contributed by atoms with Crippen LogP contribution in [0, 0.1) is 5.92 Å². The van der Waals surface area contributed by atoms with Crippen LogP contribution in [0.3, 0.4) is 0 Å². The zero-order valence-electron chi connectivity index (χ0n) is 11.4. The van der Waals surface area contributed by atoms with E-state index < -0.39 is 0 Å². The van der Waals surface area contributed by atoms with Gasteiger partial charge in [0.1, 0.15) is 12.4 Å². The van der Waals surface area contributed by atoms with Gasteiger partial charge >= 0.3 is 0 Å². The average Bonchev–Trinajstić information content (AvgIpc) is 2.42. The maximum atomic E-state index is 12.0. The zero-order valence-corrected chi connectivity index (χ0v) is 11.4. The van der Waals surface area contributed by atoms with Crippen LogP contribution in [-0.4, -0.2) is 30.3 Å². The molecule has 4 heteroatoms. The Hall–Kier alpha value is -1.81. The van der Waals surface area contributed by atoms with Crippen molar-refractivity contribution < 1.29 is 14.6 Å². The molecule has 0 saturated heterocycles. The van der Waals surface area contributed by atoms with Crippen molar-refractivity contribution in [2.45, 2.75) is 19.9 Å². The molecule has 4 nitrogen and oxygen atoms in total. The minimum Gasteiger partial charge on any atom is -0.490 e. The number of carbonyl (C=O) groups excluding carboxylic acids is 1. The smallest absolute Gasteiger partial charge is 0.251 e. The van der Waals surface area contributed by atoms with Crippen molar-refractivity contribution >= 4 is 5.91 Å². The Balaban J connectivity index is 2.64. The Labute approximate surface area is 114 Å². The lowest BCUT2D eigenvalue weighted by molar-refractivity contribution is 0.0897. The summed E-state index contributed by atoms with van der Waals surface area (Å²) in [5, 5.41) is 12.0. The van der Waals surface area contributed by atoms with Crippen LogP contribution in [0.5, 0.6) is 5.75 Å². The number of hydrogen-bond donors (Lipinski definition) is 2. The van der Waals surface area contributed by atoms with Gasteiger partial charge in [0.05, 0.1) is 12.6 Å². The number of amides is 1. The molecule has 1 amide bonds. The molecule has 1 aromatic rings. The van der Waals surface area contributed by atoms with Crippen molar-refractivity contribution in [1.29, 1.82) is 0 Å². The number of rotatable bonds is 7. The summed E-state index contributed by atoms with van der Waals surface area (Å²) >= 11 is 0. The van der Waals surface area contributed by atoms with E-state index in [1.165, 1.54) is 0 Å². The summed E-state index contributed by atoms with van der Waals surface area (Å²) < 4.78 is 5.34. The molecule has 0 heterocycles. The highest BCUT2D eigenvalue weighted by Crippen LogP contribution is 2.12. The van der Waals surface area contributed by atoms with Crippen LogP contribution in [0.15, 0.2) is 36.9 Å². The Kier molecular flexibility index (Phi) is 6.09. The van der Waals surface area contributed by atoms with Crippen LogP contribution < -0.4 is 10.1 Å². The summed E-state index contributed by atoms with van der Waals surface area (Å²) in [6.07, 6.45) is 1.66. The molecule has 1 atom stereocenters. The number of carbonyl (C=O) groups is 1. The fourth-order valence-electron chi connectivity index (χ4n) is 1.53. The van der Waals surface area contributed by atoms with Gasteiger partial charge in [0, 0.05) is 5.56 Å². The largest absolute Gasteiger partial charge is 0.490 e. The SMILES string of the molecule is C=CCOc1ccc(C(=O)N[C@H](CO)C(C)C)cc1. The number of ether oxygens (including phenoxy) is 1. The first-order valence-electron chi connectivity index (χ1n) is 6.34. The number of aliphatic hydroxyl groups is 1. The summed E-state index contributed by atoms with van der Waals surface area (Å²) in [5.74, 6) is 0.686. The Morgan fingerprint density at radius 1 is 1.42 bits per heavy atom. The van der Waals surface area contributed by atoms with Crippen LogP contribution in [0.1, 0.15) is 24.2 Å². The summed E-state index contributed by atoms with van der Waals surface area (Å²) in [5.41, 5.74) is 0.546. The van der Waals surface area contributed by atoms with Gasteiger partial charge in [0.2, 0.25) is 0 Å². The van der Waals surface area contributed by atoms with Gasteiger partial charge < -0.3 is 15.2 Å². The fraction of sp³-hybridized carbons (Fsp3) is 0.400. The van der Waals surface area contributed by atoms with Gasteiger partial charge in [-0.1, -0.05) is 26.5 Å². The second-order valence-electron chi connectivity index (χ2n) is 4.63. The summed E-state index contributed by atoms with van der Waals surface area (Å²) in [6.45, 7) is 7.84. The lowest BCUT2D eigenvalue weighted by Gasteiger charge is -2.19. The van der Waals surface area contributed by atoms with Gasteiger partial charge in [-0.15, -0.1) is 0 Å². The van der Waals surface area contributed by atoms with Crippen LogP contribution in [0.4, 0.5) is 0 Å². The first kappa shape index (κ1) is 15.2. The van der Waals surface area contributed by atoms with Gasteiger partial charge in [-0.2, -0.15) is 0 Å². The van der Waals surface area contributed by atoms with Gasteiger partial charge in [0.25, 0.3) is 5.91 Å². The van der Waals surface area contributed by atoms with E-state index in [1.807, 2.05) is 13.8 Å². The summed E-state index contributed by atoms with van der Waals surface area (Å²) in [6, 6.07) is 6.64. The molecule has 1 rings (SSSR count). The highest BCUT2D eigenvalue weighted by molar-refractivity contribution is 5.94. The number of benzene rings is 1. The fourth-order valence-corrected chi connectivity index (χ4v) is 1.53. The monoisotopic (exact) mass is 263 g/mol. The molecule has 104 valence electrons. The van der Waals surface area contributed by atoms with Gasteiger partial charge in [-0.05, 0) is 30.2 Å².